The van der Waals surface area contributed by atoms with E-state index in [0.29, 0.717) is 11.3 Å². The first kappa shape index (κ1) is 19.6. The smallest absolute Gasteiger partial charge is 0.417 e. The molecule has 0 saturated carbocycles. The monoisotopic (exact) mass is 382 g/mol. The largest absolute Gasteiger partial charge is 0.492 e. The number of halogens is 4. The maximum absolute atomic E-state index is 12.8. The highest BCUT2D eigenvalue weighted by Gasteiger charge is 2.33. The molecule has 136 valence electrons. The Hall–Kier alpha value is -2.72. The van der Waals surface area contributed by atoms with Crippen LogP contribution in [0.2, 0.25) is 5.02 Å². The lowest BCUT2D eigenvalue weighted by atomic mass is 10.1. The molecule has 0 spiro atoms. The summed E-state index contributed by atoms with van der Waals surface area (Å²) in [6, 6.07) is 11.8. The van der Waals surface area contributed by atoms with Gasteiger partial charge in [-0.1, -0.05) is 17.7 Å². The minimum atomic E-state index is -4.57. The minimum absolute atomic E-state index is 0.187. The van der Waals surface area contributed by atoms with E-state index in [1.165, 1.54) is 6.07 Å². The van der Waals surface area contributed by atoms with Gasteiger partial charge in [-0.3, -0.25) is 4.79 Å². The number of alkyl halides is 3. The molecule has 2 rings (SSSR count). The molecule has 8 heteroatoms. The second-order valence-electron chi connectivity index (χ2n) is 5.32. The molecule has 0 bridgehead atoms. The zero-order chi connectivity index (χ0) is 19.2. The van der Waals surface area contributed by atoms with E-state index in [4.69, 9.17) is 21.6 Å². The van der Waals surface area contributed by atoms with E-state index in [2.05, 4.69) is 5.32 Å². The van der Waals surface area contributed by atoms with Gasteiger partial charge in [-0.25, -0.2) is 0 Å². The highest BCUT2D eigenvalue weighted by atomic mass is 35.5. The molecule has 1 N–H and O–H groups in total. The quantitative estimate of drug-likeness (QED) is 0.769. The number of nitrogens with zero attached hydrogens (tertiary/aromatic N) is 1. The molecule has 2 aromatic rings. The fourth-order valence-electron chi connectivity index (χ4n) is 2.13. The Kier molecular flexibility index (Phi) is 6.47. The molecule has 1 amide bonds. The van der Waals surface area contributed by atoms with Crippen molar-refractivity contribution in [1.29, 1.82) is 5.26 Å². The predicted octanol–water partition coefficient (Wildman–Crippen LogP) is 3.97. The molecule has 0 unspecified atom stereocenters. The molecular weight excluding hydrogens is 369 g/mol. The Morgan fingerprint density at radius 2 is 1.88 bits per heavy atom. The average molecular weight is 383 g/mol. The van der Waals surface area contributed by atoms with Crippen LogP contribution in [0.1, 0.15) is 16.7 Å². The standard InChI is InChI=1S/C18H14ClF3N2O2/c19-16-6-3-13(9-15(16)18(20,21)22)10-17(25)24-7-8-26-14-4-1-12(11-23)2-5-14/h1-6,9H,7-8,10H2,(H,24,25). The molecule has 0 aliphatic rings. The van der Waals surface area contributed by atoms with Gasteiger partial charge in [0.1, 0.15) is 12.4 Å². The second kappa shape index (κ2) is 8.59. The minimum Gasteiger partial charge on any atom is -0.492 e. The molecule has 0 atom stereocenters. The van der Waals surface area contributed by atoms with Crippen molar-refractivity contribution in [3.05, 3.63) is 64.2 Å². The predicted molar refractivity (Wildman–Crippen MR) is 89.8 cm³/mol. The Morgan fingerprint density at radius 3 is 2.50 bits per heavy atom. The highest BCUT2D eigenvalue weighted by molar-refractivity contribution is 6.31. The summed E-state index contributed by atoms with van der Waals surface area (Å²) in [7, 11) is 0. The number of nitriles is 1. The first-order chi connectivity index (χ1) is 12.3. The molecule has 0 aliphatic carbocycles. The molecule has 0 radical (unpaired) electrons. The number of amides is 1. The maximum Gasteiger partial charge on any atom is 0.417 e. The van der Waals surface area contributed by atoms with Crippen LogP contribution in [0.25, 0.3) is 0 Å². The van der Waals surface area contributed by atoms with Crippen molar-refractivity contribution < 1.29 is 22.7 Å². The van der Waals surface area contributed by atoms with Crippen LogP contribution in [0.15, 0.2) is 42.5 Å². The Morgan fingerprint density at radius 1 is 1.19 bits per heavy atom. The van der Waals surface area contributed by atoms with Gasteiger partial charge in [-0.05, 0) is 42.0 Å². The fourth-order valence-corrected chi connectivity index (χ4v) is 2.36. The maximum atomic E-state index is 12.8. The zero-order valence-corrected chi connectivity index (χ0v) is 14.2. The molecule has 0 aromatic heterocycles. The Balaban J connectivity index is 1.81. The molecule has 2 aromatic carbocycles. The number of hydrogen-bond donors (Lipinski definition) is 1. The van der Waals surface area contributed by atoms with Crippen LogP contribution >= 0.6 is 11.6 Å². The van der Waals surface area contributed by atoms with Crippen molar-refractivity contribution in [2.45, 2.75) is 12.6 Å². The van der Waals surface area contributed by atoms with Crippen molar-refractivity contribution in [2.75, 3.05) is 13.2 Å². The van der Waals surface area contributed by atoms with E-state index in [1.807, 2.05) is 6.07 Å². The molecule has 0 aliphatic heterocycles. The van der Waals surface area contributed by atoms with E-state index in [-0.39, 0.29) is 25.1 Å². The first-order valence-electron chi connectivity index (χ1n) is 7.55. The lowest BCUT2D eigenvalue weighted by Crippen LogP contribution is -2.29. The number of carbonyl (C=O) groups is 1. The van der Waals surface area contributed by atoms with E-state index < -0.39 is 22.7 Å². The normalized spacial score (nSPS) is 10.9. The van der Waals surface area contributed by atoms with Crippen molar-refractivity contribution in [1.82, 2.24) is 5.32 Å². The van der Waals surface area contributed by atoms with Crippen molar-refractivity contribution >= 4 is 17.5 Å². The van der Waals surface area contributed by atoms with Gasteiger partial charge < -0.3 is 10.1 Å². The first-order valence-corrected chi connectivity index (χ1v) is 7.92. The van der Waals surface area contributed by atoms with Gasteiger partial charge in [-0.15, -0.1) is 0 Å². The van der Waals surface area contributed by atoms with Crippen LogP contribution in [0.5, 0.6) is 5.75 Å². The summed E-state index contributed by atoms with van der Waals surface area (Å²) in [5.41, 5.74) is -0.243. The summed E-state index contributed by atoms with van der Waals surface area (Å²) in [5, 5.41) is 10.9. The number of carbonyl (C=O) groups excluding carboxylic acids is 1. The molecule has 0 saturated heterocycles. The number of rotatable bonds is 6. The summed E-state index contributed by atoms with van der Waals surface area (Å²) in [6.45, 7) is 0.380. The number of hydrogen-bond acceptors (Lipinski definition) is 3. The average Bonchev–Trinajstić information content (AvgIpc) is 2.60. The van der Waals surface area contributed by atoms with Gasteiger partial charge in [0.25, 0.3) is 0 Å². The van der Waals surface area contributed by atoms with Crippen LogP contribution in [0.3, 0.4) is 0 Å². The number of ether oxygens (including phenoxy) is 1. The fraction of sp³-hybridized carbons (Fsp3) is 0.222. The van der Waals surface area contributed by atoms with Crippen molar-refractivity contribution in [3.8, 4) is 11.8 Å². The number of benzene rings is 2. The molecular formula is C18H14ClF3N2O2. The Bertz CT molecular complexity index is 815. The van der Waals surface area contributed by atoms with Gasteiger partial charge >= 0.3 is 6.18 Å². The van der Waals surface area contributed by atoms with Gasteiger partial charge in [-0.2, -0.15) is 18.4 Å². The van der Waals surface area contributed by atoms with Crippen molar-refractivity contribution in [3.63, 3.8) is 0 Å². The number of nitrogens with one attached hydrogen (secondary N) is 1. The summed E-state index contributed by atoms with van der Waals surface area (Å²) in [5.74, 6) is 0.120. The third-order valence-corrected chi connectivity index (χ3v) is 3.71. The van der Waals surface area contributed by atoms with Crippen LogP contribution in [0.4, 0.5) is 13.2 Å². The molecule has 0 fully saturated rings. The third kappa shape index (κ3) is 5.67. The topological polar surface area (TPSA) is 62.1 Å². The summed E-state index contributed by atoms with van der Waals surface area (Å²) >= 11 is 5.54. The SMILES string of the molecule is N#Cc1ccc(OCCNC(=O)Cc2ccc(Cl)c(C(F)(F)F)c2)cc1. The third-order valence-electron chi connectivity index (χ3n) is 3.38. The van der Waals surface area contributed by atoms with E-state index in [9.17, 15) is 18.0 Å². The van der Waals surface area contributed by atoms with Gasteiger partial charge in [0.05, 0.1) is 35.2 Å². The van der Waals surface area contributed by atoms with E-state index >= 15 is 0 Å². The summed E-state index contributed by atoms with van der Waals surface area (Å²) in [6.07, 6.45) is -4.77. The lowest BCUT2D eigenvalue weighted by Gasteiger charge is -2.11. The second-order valence-corrected chi connectivity index (χ2v) is 5.73. The summed E-state index contributed by atoms with van der Waals surface area (Å²) < 4.78 is 43.8. The van der Waals surface area contributed by atoms with Gasteiger partial charge in [0.15, 0.2) is 0 Å². The van der Waals surface area contributed by atoms with E-state index in [1.54, 1.807) is 24.3 Å². The van der Waals surface area contributed by atoms with Crippen LogP contribution < -0.4 is 10.1 Å². The molecule has 0 heterocycles. The lowest BCUT2D eigenvalue weighted by molar-refractivity contribution is -0.137. The zero-order valence-electron chi connectivity index (χ0n) is 13.4. The Labute approximate surface area is 153 Å². The van der Waals surface area contributed by atoms with Gasteiger partial charge in [0.2, 0.25) is 5.91 Å². The van der Waals surface area contributed by atoms with Crippen LogP contribution in [0, 0.1) is 11.3 Å². The molecule has 4 nitrogen and oxygen atoms in total. The van der Waals surface area contributed by atoms with Crippen molar-refractivity contribution in [2.24, 2.45) is 0 Å². The van der Waals surface area contributed by atoms with Crippen LogP contribution in [-0.4, -0.2) is 19.1 Å². The summed E-state index contributed by atoms with van der Waals surface area (Å²) in [4.78, 5) is 11.8. The van der Waals surface area contributed by atoms with E-state index in [0.717, 1.165) is 12.1 Å². The van der Waals surface area contributed by atoms with Crippen LogP contribution in [-0.2, 0) is 17.4 Å². The van der Waals surface area contributed by atoms with Gasteiger partial charge in [0, 0.05) is 0 Å². The highest BCUT2D eigenvalue weighted by Crippen LogP contribution is 2.35. The molecule has 26 heavy (non-hydrogen) atoms.